The van der Waals surface area contributed by atoms with Gasteiger partial charge in [-0.3, -0.25) is 4.98 Å². The van der Waals surface area contributed by atoms with Gasteiger partial charge in [0, 0.05) is 0 Å². The fourth-order valence-electron chi connectivity index (χ4n) is 1.33. The highest BCUT2D eigenvalue weighted by atomic mass is 35.5. The van der Waals surface area contributed by atoms with Crippen molar-refractivity contribution in [1.29, 1.82) is 0 Å². The van der Waals surface area contributed by atoms with Crippen LogP contribution in [0.15, 0.2) is 20.1 Å². The second-order valence-electron chi connectivity index (χ2n) is 3.04. The van der Waals surface area contributed by atoms with Crippen LogP contribution in [0.4, 0.5) is 0 Å². The third kappa shape index (κ3) is 1.56. The zero-order valence-corrected chi connectivity index (χ0v) is 9.07. The summed E-state index contributed by atoms with van der Waals surface area (Å²) in [6, 6.07) is 1.57. The number of aromatic amines is 1. The number of halogens is 2. The molecule has 0 saturated carbocycles. The smallest absolute Gasteiger partial charge is 0.372 e. The third-order valence-electron chi connectivity index (χ3n) is 2.01. The van der Waals surface area contributed by atoms with Crippen molar-refractivity contribution < 1.29 is 4.42 Å². The molecule has 2 aromatic rings. The third-order valence-corrected chi connectivity index (χ3v) is 2.80. The van der Waals surface area contributed by atoms with Gasteiger partial charge < -0.3 is 4.42 Å². The van der Waals surface area contributed by atoms with Crippen LogP contribution in [0.5, 0.6) is 0 Å². The molecular weight excluding hydrogens is 241 g/mol. The van der Waals surface area contributed by atoms with Gasteiger partial charge in [0.05, 0.1) is 15.6 Å². The van der Waals surface area contributed by atoms with Crippen LogP contribution in [0.3, 0.4) is 0 Å². The van der Waals surface area contributed by atoms with Gasteiger partial charge >= 0.3 is 11.4 Å². The Bertz CT molecular complexity index is 657. The zero-order valence-electron chi connectivity index (χ0n) is 7.56. The standard InChI is InChI=1S/C9H5Cl2NO3/c1-3-2-4(10)7-5(6(3)11)8(13)15-9(14)12-7/h2H,1H3,(H,12,14). The van der Waals surface area contributed by atoms with Crippen LogP contribution in [0.1, 0.15) is 5.56 Å². The van der Waals surface area contributed by atoms with Crippen molar-refractivity contribution in [1.82, 2.24) is 4.98 Å². The van der Waals surface area contributed by atoms with Gasteiger partial charge in [0.25, 0.3) is 0 Å². The maximum absolute atomic E-state index is 11.4. The molecule has 15 heavy (non-hydrogen) atoms. The summed E-state index contributed by atoms with van der Waals surface area (Å²) in [4.78, 5) is 24.7. The van der Waals surface area contributed by atoms with E-state index in [2.05, 4.69) is 9.40 Å². The molecule has 0 spiro atoms. The minimum absolute atomic E-state index is 0.0984. The maximum atomic E-state index is 11.4. The molecule has 0 aliphatic rings. The molecule has 0 bridgehead atoms. The summed E-state index contributed by atoms with van der Waals surface area (Å²) in [6.45, 7) is 1.71. The topological polar surface area (TPSA) is 63.1 Å². The average molecular weight is 246 g/mol. The molecule has 1 aromatic carbocycles. The zero-order chi connectivity index (χ0) is 11.2. The molecule has 0 unspecified atom stereocenters. The van der Waals surface area contributed by atoms with E-state index in [0.29, 0.717) is 5.56 Å². The molecule has 0 radical (unpaired) electrons. The average Bonchev–Trinajstić information content (AvgIpc) is 2.13. The van der Waals surface area contributed by atoms with Gasteiger partial charge in [0.1, 0.15) is 5.39 Å². The van der Waals surface area contributed by atoms with Crippen molar-refractivity contribution in [2.75, 3.05) is 0 Å². The van der Waals surface area contributed by atoms with Gasteiger partial charge in [-0.25, -0.2) is 9.59 Å². The predicted octanol–water partition coefficient (Wildman–Crippen LogP) is 2.10. The molecule has 1 heterocycles. The minimum Gasteiger partial charge on any atom is -0.372 e. The second-order valence-corrected chi connectivity index (χ2v) is 3.83. The molecule has 1 aromatic heterocycles. The molecule has 0 fully saturated rings. The molecule has 0 amide bonds. The van der Waals surface area contributed by atoms with Gasteiger partial charge in [0.2, 0.25) is 0 Å². The van der Waals surface area contributed by atoms with E-state index >= 15 is 0 Å². The van der Waals surface area contributed by atoms with E-state index in [1.165, 1.54) is 0 Å². The first-order chi connectivity index (χ1) is 7.00. The van der Waals surface area contributed by atoms with Gasteiger partial charge in [-0.05, 0) is 18.6 Å². The molecule has 0 atom stereocenters. The van der Waals surface area contributed by atoms with Crippen LogP contribution >= 0.6 is 23.2 Å². The van der Waals surface area contributed by atoms with Crippen molar-refractivity contribution >= 4 is 34.1 Å². The van der Waals surface area contributed by atoms with E-state index in [1.807, 2.05) is 0 Å². The van der Waals surface area contributed by atoms with Gasteiger partial charge in [-0.2, -0.15) is 0 Å². The lowest BCUT2D eigenvalue weighted by atomic mass is 10.2. The first kappa shape index (κ1) is 10.3. The van der Waals surface area contributed by atoms with Crippen LogP contribution in [0, 0.1) is 6.92 Å². The Hall–Kier alpha value is -1.26. The lowest BCUT2D eigenvalue weighted by molar-refractivity contribution is 0.460. The van der Waals surface area contributed by atoms with Gasteiger partial charge in [0.15, 0.2) is 0 Å². The monoisotopic (exact) mass is 245 g/mol. The van der Waals surface area contributed by atoms with E-state index in [0.717, 1.165) is 0 Å². The SMILES string of the molecule is Cc1cc(Cl)c2[nH]c(=O)oc(=O)c2c1Cl. The first-order valence-electron chi connectivity index (χ1n) is 4.02. The number of H-pyrrole nitrogens is 1. The van der Waals surface area contributed by atoms with Crippen LogP contribution in [-0.2, 0) is 0 Å². The number of hydrogen-bond acceptors (Lipinski definition) is 3. The van der Waals surface area contributed by atoms with Crippen molar-refractivity contribution in [3.05, 3.63) is 42.6 Å². The highest BCUT2D eigenvalue weighted by Gasteiger charge is 2.12. The molecule has 0 aliphatic carbocycles. The van der Waals surface area contributed by atoms with Crippen LogP contribution < -0.4 is 11.4 Å². The van der Waals surface area contributed by atoms with E-state index < -0.39 is 11.4 Å². The van der Waals surface area contributed by atoms with E-state index in [-0.39, 0.29) is 20.9 Å². The summed E-state index contributed by atoms with van der Waals surface area (Å²) < 4.78 is 4.37. The fourth-order valence-corrected chi connectivity index (χ4v) is 1.86. The van der Waals surface area contributed by atoms with Gasteiger partial charge in [-0.1, -0.05) is 23.2 Å². The van der Waals surface area contributed by atoms with Crippen molar-refractivity contribution in [2.45, 2.75) is 6.92 Å². The summed E-state index contributed by atoms with van der Waals surface area (Å²) in [6.07, 6.45) is 0. The molecule has 78 valence electrons. The number of aryl methyl sites for hydroxylation is 1. The van der Waals surface area contributed by atoms with Gasteiger partial charge in [-0.15, -0.1) is 0 Å². The molecule has 0 saturated heterocycles. The lowest BCUT2D eigenvalue weighted by Crippen LogP contribution is -2.15. The van der Waals surface area contributed by atoms with E-state index in [9.17, 15) is 9.59 Å². The molecular formula is C9H5Cl2NO3. The Labute approximate surface area is 93.4 Å². The minimum atomic E-state index is -0.852. The summed E-state index contributed by atoms with van der Waals surface area (Å²) in [5.41, 5.74) is 0.0615. The predicted molar refractivity (Wildman–Crippen MR) is 57.9 cm³/mol. The second kappa shape index (κ2) is 3.40. The molecule has 0 aliphatic heterocycles. The summed E-state index contributed by atoms with van der Waals surface area (Å²) in [7, 11) is 0. The Kier molecular flexibility index (Phi) is 2.32. The number of hydrogen-bond donors (Lipinski definition) is 1. The van der Waals surface area contributed by atoms with Crippen LogP contribution in [0.2, 0.25) is 10.0 Å². The summed E-state index contributed by atoms with van der Waals surface area (Å²) in [5.74, 6) is -0.852. The Morgan fingerprint density at radius 3 is 2.67 bits per heavy atom. The Morgan fingerprint density at radius 2 is 2.00 bits per heavy atom. The molecule has 1 N–H and O–H groups in total. The van der Waals surface area contributed by atoms with Crippen LogP contribution in [-0.4, -0.2) is 4.98 Å². The number of nitrogens with one attached hydrogen (secondary N) is 1. The highest BCUT2D eigenvalue weighted by molar-refractivity contribution is 6.40. The molecule has 6 heteroatoms. The quantitative estimate of drug-likeness (QED) is 0.774. The fraction of sp³-hybridized carbons (Fsp3) is 0.111. The van der Waals surface area contributed by atoms with Crippen molar-refractivity contribution in [3.63, 3.8) is 0 Å². The molecule has 2 rings (SSSR count). The van der Waals surface area contributed by atoms with E-state index in [4.69, 9.17) is 23.2 Å². The van der Waals surface area contributed by atoms with Crippen molar-refractivity contribution in [3.8, 4) is 0 Å². The highest BCUT2D eigenvalue weighted by Crippen LogP contribution is 2.28. The maximum Gasteiger partial charge on any atom is 0.419 e. The number of benzene rings is 1. The molecule has 4 nitrogen and oxygen atoms in total. The summed E-state index contributed by atoms with van der Waals surface area (Å²) >= 11 is 11.8. The first-order valence-corrected chi connectivity index (χ1v) is 4.78. The van der Waals surface area contributed by atoms with Crippen molar-refractivity contribution in [2.24, 2.45) is 0 Å². The summed E-state index contributed by atoms with van der Waals surface area (Å²) in [5, 5.41) is 0.595. The Morgan fingerprint density at radius 1 is 1.33 bits per heavy atom. The normalized spacial score (nSPS) is 10.9. The largest absolute Gasteiger partial charge is 0.419 e. The van der Waals surface area contributed by atoms with Crippen LogP contribution in [0.25, 0.3) is 10.9 Å². The number of aromatic nitrogens is 1. The van der Waals surface area contributed by atoms with E-state index in [1.54, 1.807) is 13.0 Å². The Balaban J connectivity index is 3.17. The lowest BCUT2D eigenvalue weighted by Gasteiger charge is -2.03. The number of rotatable bonds is 0. The number of fused-ring (bicyclic) bond motifs is 1.